The van der Waals surface area contributed by atoms with Crippen molar-refractivity contribution < 1.29 is 0 Å². The third-order valence-electron chi connectivity index (χ3n) is 7.02. The molecule has 1 spiro atoms. The van der Waals surface area contributed by atoms with Gasteiger partial charge in [-0.15, -0.1) is 5.11 Å². The van der Waals surface area contributed by atoms with Gasteiger partial charge in [0, 0.05) is 26.2 Å². The molecule has 2 aliphatic heterocycles. The van der Waals surface area contributed by atoms with Crippen LogP contribution in [0.5, 0.6) is 0 Å². The van der Waals surface area contributed by atoms with Gasteiger partial charge in [-0.1, -0.05) is 19.3 Å². The van der Waals surface area contributed by atoms with E-state index in [1.807, 2.05) is 12.3 Å². The second-order valence-corrected chi connectivity index (χ2v) is 9.15. The summed E-state index contributed by atoms with van der Waals surface area (Å²) in [7, 11) is 2.16. The number of likely N-dealkylation sites (N-methyl/N-ethyl adjacent to an activating group) is 1. The maximum atomic E-state index is 4.83. The fourth-order valence-electron chi connectivity index (χ4n) is 5.15. The first-order chi connectivity index (χ1) is 15.7. The van der Waals surface area contributed by atoms with Crippen molar-refractivity contribution in [2.75, 3.05) is 50.0 Å². The van der Waals surface area contributed by atoms with Crippen LogP contribution in [-0.2, 0) is 5.54 Å². The molecule has 0 bridgehead atoms. The average Bonchev–Trinajstić information content (AvgIpc) is 3.20. The average molecular weight is 433 g/mol. The number of hydrogen-bond acceptors (Lipinski definition) is 9. The Labute approximate surface area is 186 Å². The molecule has 10 heteroatoms. The van der Waals surface area contributed by atoms with Crippen LogP contribution in [0.4, 0.5) is 23.4 Å². The van der Waals surface area contributed by atoms with E-state index >= 15 is 0 Å². The summed E-state index contributed by atoms with van der Waals surface area (Å²) in [6, 6.07) is 4.10. The van der Waals surface area contributed by atoms with Gasteiger partial charge in [0.2, 0.25) is 5.95 Å². The minimum absolute atomic E-state index is 0.0574. The van der Waals surface area contributed by atoms with Crippen molar-refractivity contribution in [3.63, 3.8) is 0 Å². The van der Waals surface area contributed by atoms with Crippen LogP contribution in [0.3, 0.4) is 0 Å². The molecule has 0 atom stereocenters. The molecule has 3 aromatic rings. The van der Waals surface area contributed by atoms with Gasteiger partial charge in [-0.2, -0.15) is 10.1 Å². The Morgan fingerprint density at radius 2 is 1.78 bits per heavy atom. The molecule has 10 nitrogen and oxygen atoms in total. The first-order valence-corrected chi connectivity index (χ1v) is 11.5. The number of pyridine rings is 1. The zero-order valence-electron chi connectivity index (χ0n) is 18.4. The number of fused-ring (bicyclic) bond motifs is 4. The quantitative estimate of drug-likeness (QED) is 0.676. The highest BCUT2D eigenvalue weighted by Crippen LogP contribution is 2.42. The SMILES string of the molecule is CN1CCN(c2ccc(Nc3ncc4nc5n(c4n3)C3(CCCCC3)CN=N5)nc2)CC1. The second kappa shape index (κ2) is 7.77. The fraction of sp³-hybridized carbons (Fsp3) is 0.545. The molecule has 6 rings (SSSR count). The molecule has 1 aliphatic carbocycles. The predicted molar refractivity (Wildman–Crippen MR) is 123 cm³/mol. The summed E-state index contributed by atoms with van der Waals surface area (Å²) in [5, 5.41) is 12.0. The van der Waals surface area contributed by atoms with Gasteiger partial charge in [-0.05, 0) is 32.0 Å². The number of aromatic nitrogens is 5. The molecule has 0 radical (unpaired) electrons. The number of rotatable bonds is 3. The summed E-state index contributed by atoms with van der Waals surface area (Å²) in [5.74, 6) is 1.90. The number of hydrogen-bond donors (Lipinski definition) is 1. The Hall–Kier alpha value is -3.14. The number of anilines is 3. The molecule has 1 N–H and O–H groups in total. The highest BCUT2D eigenvalue weighted by Gasteiger charge is 2.39. The minimum atomic E-state index is -0.0574. The lowest BCUT2D eigenvalue weighted by molar-refractivity contribution is 0.199. The van der Waals surface area contributed by atoms with E-state index in [1.165, 1.54) is 19.3 Å². The summed E-state index contributed by atoms with van der Waals surface area (Å²) in [5.41, 5.74) is 2.68. The molecule has 5 heterocycles. The third kappa shape index (κ3) is 3.38. The zero-order valence-corrected chi connectivity index (χ0v) is 18.4. The molecule has 1 saturated carbocycles. The number of nitrogens with one attached hydrogen (secondary N) is 1. The number of imidazole rings is 1. The molecule has 0 amide bonds. The van der Waals surface area contributed by atoms with Crippen LogP contribution >= 0.6 is 0 Å². The van der Waals surface area contributed by atoms with E-state index in [9.17, 15) is 0 Å². The molecule has 3 aromatic heterocycles. The van der Waals surface area contributed by atoms with Gasteiger partial charge < -0.3 is 15.1 Å². The third-order valence-corrected chi connectivity index (χ3v) is 7.02. The van der Waals surface area contributed by atoms with E-state index in [1.54, 1.807) is 6.20 Å². The van der Waals surface area contributed by atoms with Crippen LogP contribution in [-0.4, -0.2) is 69.2 Å². The molecule has 0 unspecified atom stereocenters. The smallest absolute Gasteiger partial charge is 0.251 e. The Morgan fingerprint density at radius 1 is 0.938 bits per heavy atom. The molecule has 1 saturated heterocycles. The second-order valence-electron chi connectivity index (χ2n) is 9.15. The Bertz CT molecular complexity index is 1140. The van der Waals surface area contributed by atoms with Crippen LogP contribution in [0.1, 0.15) is 32.1 Å². The van der Waals surface area contributed by atoms with Gasteiger partial charge >= 0.3 is 0 Å². The standard InChI is InChI=1S/C22H28N10/c1-30-9-11-31(12-10-30)16-5-6-18(23-13-16)27-20-24-14-17-19(28-20)32-21(26-17)29-25-15-22(32)7-3-2-4-8-22/h5-6,13-14H,2-4,7-12,15H2,1H3,(H,23,24,27,28). The number of azo groups is 1. The van der Waals surface area contributed by atoms with E-state index in [0.717, 1.165) is 61.7 Å². The van der Waals surface area contributed by atoms with E-state index in [-0.39, 0.29) is 5.54 Å². The van der Waals surface area contributed by atoms with Crippen molar-refractivity contribution in [3.05, 3.63) is 24.5 Å². The van der Waals surface area contributed by atoms with Crippen LogP contribution < -0.4 is 10.2 Å². The van der Waals surface area contributed by atoms with Crippen molar-refractivity contribution in [1.82, 2.24) is 29.4 Å². The first kappa shape index (κ1) is 19.5. The zero-order chi connectivity index (χ0) is 21.5. The fourth-order valence-corrected chi connectivity index (χ4v) is 5.15. The van der Waals surface area contributed by atoms with E-state index < -0.39 is 0 Å². The maximum Gasteiger partial charge on any atom is 0.251 e. The highest BCUT2D eigenvalue weighted by molar-refractivity contribution is 5.75. The molecule has 3 aliphatic rings. The highest BCUT2D eigenvalue weighted by atomic mass is 15.4. The monoisotopic (exact) mass is 432 g/mol. The topological polar surface area (TPSA) is 99.7 Å². The summed E-state index contributed by atoms with van der Waals surface area (Å²) >= 11 is 0. The first-order valence-electron chi connectivity index (χ1n) is 11.5. The normalized spacial score (nSPS) is 20.6. The van der Waals surface area contributed by atoms with E-state index in [2.05, 4.69) is 58.0 Å². The van der Waals surface area contributed by atoms with Crippen molar-refractivity contribution >= 4 is 34.6 Å². The van der Waals surface area contributed by atoms with Gasteiger partial charge in [0.15, 0.2) is 5.65 Å². The van der Waals surface area contributed by atoms with Crippen LogP contribution in [0.15, 0.2) is 34.8 Å². The Kier molecular flexibility index (Phi) is 4.74. The van der Waals surface area contributed by atoms with Crippen LogP contribution in [0, 0.1) is 0 Å². The molecule has 2 fully saturated rings. The number of piperazine rings is 1. The Morgan fingerprint density at radius 3 is 2.56 bits per heavy atom. The van der Waals surface area contributed by atoms with Gasteiger partial charge in [0.05, 0.1) is 30.2 Å². The summed E-state index contributed by atoms with van der Waals surface area (Å²) in [6.07, 6.45) is 9.55. The molecular weight excluding hydrogens is 404 g/mol. The molecular formula is C22H28N10. The lowest BCUT2D eigenvalue weighted by Gasteiger charge is -2.39. The summed E-state index contributed by atoms with van der Waals surface area (Å²) in [6.45, 7) is 4.90. The van der Waals surface area contributed by atoms with E-state index in [4.69, 9.17) is 4.98 Å². The van der Waals surface area contributed by atoms with E-state index in [0.29, 0.717) is 18.4 Å². The number of nitrogens with zero attached hydrogens (tertiary/aromatic N) is 9. The summed E-state index contributed by atoms with van der Waals surface area (Å²) in [4.78, 5) is 23.3. The Balaban J connectivity index is 1.27. The lowest BCUT2D eigenvalue weighted by Crippen LogP contribution is -2.44. The molecule has 166 valence electrons. The van der Waals surface area contributed by atoms with Crippen molar-refractivity contribution in [2.24, 2.45) is 10.2 Å². The molecule has 32 heavy (non-hydrogen) atoms. The predicted octanol–water partition coefficient (Wildman–Crippen LogP) is 3.47. The van der Waals surface area contributed by atoms with Gasteiger partial charge in [-0.25, -0.2) is 15.0 Å². The van der Waals surface area contributed by atoms with Crippen molar-refractivity contribution in [2.45, 2.75) is 37.6 Å². The van der Waals surface area contributed by atoms with Crippen LogP contribution in [0.2, 0.25) is 0 Å². The largest absolute Gasteiger partial charge is 0.368 e. The maximum absolute atomic E-state index is 4.83. The van der Waals surface area contributed by atoms with Crippen LogP contribution in [0.25, 0.3) is 11.2 Å². The van der Waals surface area contributed by atoms with Crippen molar-refractivity contribution in [3.8, 4) is 0 Å². The van der Waals surface area contributed by atoms with Gasteiger partial charge in [0.25, 0.3) is 5.95 Å². The minimum Gasteiger partial charge on any atom is -0.368 e. The van der Waals surface area contributed by atoms with Crippen molar-refractivity contribution in [1.29, 1.82) is 0 Å². The van der Waals surface area contributed by atoms with Gasteiger partial charge in [-0.3, -0.25) is 4.57 Å². The van der Waals surface area contributed by atoms with Gasteiger partial charge in [0.1, 0.15) is 11.3 Å². The lowest BCUT2D eigenvalue weighted by atomic mass is 9.81. The summed E-state index contributed by atoms with van der Waals surface area (Å²) < 4.78 is 2.21. The molecule has 0 aromatic carbocycles.